The van der Waals surface area contributed by atoms with Crippen LogP contribution < -0.4 is 21.7 Å². The first-order valence-corrected chi connectivity index (χ1v) is 28.2. The predicted molar refractivity (Wildman–Crippen MR) is 326 cm³/mol. The molecule has 1 aliphatic rings. The van der Waals surface area contributed by atoms with Gasteiger partial charge in [-0.05, 0) is 128 Å². The molecule has 1 aliphatic heterocycles. The minimum Gasteiger partial charge on any atom is -0.508 e. The normalized spacial score (nSPS) is 12.2. The maximum atomic E-state index is 12.1. The Hall–Kier alpha value is -11.8. The topological polar surface area (TPSA) is 469 Å². The molecule has 0 radical (unpaired) electrons. The number of nitro groups is 3. The molecular formula is C62H68N8O23. The van der Waals surface area contributed by atoms with Crippen LogP contribution in [0.5, 0.6) is 17.2 Å². The van der Waals surface area contributed by atoms with E-state index in [4.69, 9.17) is 30.6 Å². The quantitative estimate of drug-likeness (QED) is 0.00896. The van der Waals surface area contributed by atoms with Crippen LogP contribution in [0.15, 0.2) is 127 Å². The van der Waals surface area contributed by atoms with Gasteiger partial charge in [0.1, 0.15) is 35.6 Å². The largest absolute Gasteiger partial charge is 0.508 e. The SMILES string of the molecule is CC(OC(=O)O)c1cc(CN)ccc1[N+](=O)[O-].CC(OC(=O)O)c1cc(CNC(=O)CCc2ccc(O)cc2)ccc1[N+](=O)[O-].CNC(=O)OC(C)c1cc(CNC(=O)CCc2ccc(O)cc2)ccc1[N+](=O)[O-].O=C(CCc1ccc(O)cc1)ON1C(=O)CCC1=O. The van der Waals surface area contributed by atoms with Crippen molar-refractivity contribution in [2.75, 3.05) is 7.05 Å². The first kappa shape index (κ1) is 73.7. The number of amides is 5. The maximum absolute atomic E-state index is 12.1. The van der Waals surface area contributed by atoms with Gasteiger partial charge in [0.2, 0.25) is 11.8 Å². The summed E-state index contributed by atoms with van der Waals surface area (Å²) in [6.07, 6.45) is -4.31. The van der Waals surface area contributed by atoms with E-state index in [-0.39, 0.29) is 115 Å². The highest BCUT2D eigenvalue weighted by Crippen LogP contribution is 2.31. The molecule has 3 atom stereocenters. The third-order valence-electron chi connectivity index (χ3n) is 13.3. The third kappa shape index (κ3) is 25.3. The van der Waals surface area contributed by atoms with Gasteiger partial charge in [0.15, 0.2) is 0 Å². The standard InChI is InChI=1S/C20H23N3O6.C19H20N2O7.C13H13NO5.C10H12N2O5/c1-13(29-20(26)21-2)17-11-15(5-9-18(17)23(27)28)12-22-19(25)10-6-14-3-7-16(24)8-4-14;1-12(28-19(24)25)16-10-14(4-8-17(16)21(26)27)11-20-18(23)9-5-13-2-6-15(22)7-3-13;15-10-4-1-9(2-5-10)3-8-13(18)19-14-11(16)6-7-12(14)17;1-6(17-10(13)14)8-4-7(5-11)2-3-9(8)12(15)16/h3-5,7-9,11,13,24H,6,10,12H2,1-2H3,(H,21,26)(H,22,25);2-4,6-8,10,12,22H,5,9,11H2,1H3,(H,20,23)(H,24,25);1-2,4-5,15H,3,6-8H2;2-4,6H,5,11H2,1H3,(H,13,14). The number of phenolic OH excluding ortho intramolecular Hbond substituents is 3. The first-order chi connectivity index (χ1) is 44.1. The molecule has 6 aromatic carbocycles. The fourth-order valence-electron chi connectivity index (χ4n) is 8.48. The zero-order valence-electron chi connectivity index (χ0n) is 50.6. The highest BCUT2D eigenvalue weighted by Gasteiger charge is 2.33. The molecule has 1 fully saturated rings. The number of hydrogen-bond acceptors (Lipinski definition) is 22. The summed E-state index contributed by atoms with van der Waals surface area (Å²) < 4.78 is 14.2. The summed E-state index contributed by atoms with van der Waals surface area (Å²) in [6.45, 7) is 4.90. The summed E-state index contributed by atoms with van der Waals surface area (Å²) in [5.74, 6) is -1.50. The lowest BCUT2D eigenvalue weighted by Crippen LogP contribution is -2.32. The summed E-state index contributed by atoms with van der Waals surface area (Å²) in [5.41, 5.74) is 9.97. The van der Waals surface area contributed by atoms with Gasteiger partial charge in [0.25, 0.3) is 28.9 Å². The van der Waals surface area contributed by atoms with E-state index >= 15 is 0 Å². The van der Waals surface area contributed by atoms with Crippen LogP contribution in [0.3, 0.4) is 0 Å². The van der Waals surface area contributed by atoms with Crippen LogP contribution >= 0.6 is 0 Å². The number of rotatable bonds is 24. The van der Waals surface area contributed by atoms with Crippen LogP contribution in [0.25, 0.3) is 0 Å². The molecule has 0 spiro atoms. The average Bonchev–Trinajstić information content (AvgIpc) is 3.76. The molecule has 3 unspecified atom stereocenters. The summed E-state index contributed by atoms with van der Waals surface area (Å²) in [4.78, 5) is 127. The smallest absolute Gasteiger partial charge is 0.506 e. The van der Waals surface area contributed by atoms with E-state index in [9.17, 15) is 78.9 Å². The number of hydrogen-bond donors (Lipinski definition) is 9. The first-order valence-electron chi connectivity index (χ1n) is 28.2. The number of nitrogens with one attached hydrogen (secondary N) is 3. The molecule has 494 valence electrons. The number of nitro benzene ring substituents is 3. The van der Waals surface area contributed by atoms with Gasteiger partial charge in [-0.1, -0.05) is 54.6 Å². The monoisotopic (exact) mass is 1290 g/mol. The number of hydroxylamine groups is 2. The minimum atomic E-state index is -1.53. The van der Waals surface area contributed by atoms with Gasteiger partial charge in [-0.25, -0.2) is 19.2 Å². The number of carbonyl (C=O) groups is 8. The van der Waals surface area contributed by atoms with E-state index in [0.29, 0.717) is 41.0 Å². The second-order valence-electron chi connectivity index (χ2n) is 20.1. The highest BCUT2D eigenvalue weighted by molar-refractivity contribution is 6.01. The summed E-state index contributed by atoms with van der Waals surface area (Å²) >= 11 is 0. The van der Waals surface area contributed by atoms with Crippen molar-refractivity contribution in [2.45, 2.75) is 110 Å². The molecule has 93 heavy (non-hydrogen) atoms. The van der Waals surface area contributed by atoms with Gasteiger partial charge in [-0.2, -0.15) is 0 Å². The molecular weight excluding hydrogens is 1220 g/mol. The van der Waals surface area contributed by atoms with Crippen LogP contribution in [-0.2, 0) is 81.9 Å². The number of phenols is 3. The zero-order chi connectivity index (χ0) is 68.9. The van der Waals surface area contributed by atoms with E-state index < -0.39 is 69.3 Å². The van der Waals surface area contributed by atoms with Crippen molar-refractivity contribution in [3.05, 3.63) is 208 Å². The van der Waals surface area contributed by atoms with E-state index in [1.165, 1.54) is 82.4 Å². The van der Waals surface area contributed by atoms with Gasteiger partial charge < -0.3 is 66.3 Å². The number of alkyl carbamates (subject to hydrolysis) is 1. The highest BCUT2D eigenvalue weighted by atomic mass is 16.7. The van der Waals surface area contributed by atoms with Gasteiger partial charge in [0, 0.05) is 70.6 Å². The van der Waals surface area contributed by atoms with E-state index in [1.807, 2.05) is 0 Å². The molecule has 31 nitrogen and oxygen atoms in total. The summed E-state index contributed by atoms with van der Waals surface area (Å²) in [6, 6.07) is 32.5. The number of aromatic hydroxyl groups is 3. The number of imide groups is 1. The average molecular weight is 1290 g/mol. The van der Waals surface area contributed by atoms with Crippen LogP contribution in [0, 0.1) is 30.3 Å². The second kappa shape index (κ2) is 36.7. The molecule has 0 aromatic heterocycles. The van der Waals surface area contributed by atoms with E-state index in [2.05, 4.69) is 25.4 Å². The molecule has 1 saturated heterocycles. The fraction of sp³-hybridized carbons (Fsp3) is 0.290. The van der Waals surface area contributed by atoms with Crippen molar-refractivity contribution < 1.29 is 97.7 Å². The maximum Gasteiger partial charge on any atom is 0.506 e. The third-order valence-corrected chi connectivity index (χ3v) is 13.3. The number of benzene rings is 6. The van der Waals surface area contributed by atoms with Gasteiger partial charge in [0.05, 0.1) is 37.9 Å². The molecule has 0 saturated carbocycles. The second-order valence-corrected chi connectivity index (χ2v) is 20.1. The number of nitrogens with zero attached hydrogens (tertiary/aromatic N) is 4. The number of ether oxygens (including phenoxy) is 3. The Kier molecular flexibility index (Phi) is 29.1. The molecule has 0 bridgehead atoms. The van der Waals surface area contributed by atoms with Gasteiger partial charge in [-0.15, -0.1) is 5.06 Å². The Morgan fingerprint density at radius 1 is 0.505 bits per heavy atom. The van der Waals surface area contributed by atoms with Crippen molar-refractivity contribution in [2.24, 2.45) is 5.73 Å². The van der Waals surface area contributed by atoms with Crippen LogP contribution in [0.2, 0.25) is 0 Å². The minimum absolute atomic E-state index is 0.0574. The Balaban J connectivity index is 0.000000271. The predicted octanol–water partition coefficient (Wildman–Crippen LogP) is 9.01. The molecule has 31 heteroatoms. The van der Waals surface area contributed by atoms with Crippen molar-refractivity contribution in [1.82, 2.24) is 21.0 Å². The fourth-order valence-corrected chi connectivity index (χ4v) is 8.48. The van der Waals surface area contributed by atoms with E-state index in [0.717, 1.165) is 16.7 Å². The molecule has 10 N–H and O–H groups in total. The lowest BCUT2D eigenvalue weighted by molar-refractivity contribution is -0.386. The van der Waals surface area contributed by atoms with Gasteiger partial charge in [-0.3, -0.25) is 49.5 Å². The number of nitrogens with two attached hydrogens (primary N) is 1. The summed E-state index contributed by atoms with van der Waals surface area (Å²) in [5, 5.41) is 86.4. The van der Waals surface area contributed by atoms with Crippen molar-refractivity contribution >= 4 is 65.1 Å². The van der Waals surface area contributed by atoms with Crippen LogP contribution in [0.1, 0.15) is 121 Å². The lowest BCUT2D eigenvalue weighted by Gasteiger charge is -2.15. The Morgan fingerprint density at radius 3 is 1.14 bits per heavy atom. The number of carboxylic acid groups (broad SMARTS) is 2. The van der Waals surface area contributed by atoms with Crippen molar-refractivity contribution in [3.8, 4) is 17.2 Å². The molecule has 0 aliphatic carbocycles. The molecule has 1 heterocycles. The number of carbonyl (C=O) groups excluding carboxylic acids is 6. The van der Waals surface area contributed by atoms with E-state index in [1.54, 1.807) is 72.8 Å². The Labute approximate surface area is 530 Å². The summed E-state index contributed by atoms with van der Waals surface area (Å²) in [7, 11) is 1.40. The van der Waals surface area contributed by atoms with Crippen LogP contribution in [-0.4, -0.2) is 100 Å². The van der Waals surface area contributed by atoms with Gasteiger partial charge >= 0.3 is 24.4 Å². The van der Waals surface area contributed by atoms with Crippen molar-refractivity contribution in [3.63, 3.8) is 0 Å². The molecule has 6 aromatic rings. The van der Waals surface area contributed by atoms with Crippen molar-refractivity contribution in [1.29, 1.82) is 0 Å². The number of aryl methyl sites for hydroxylation is 3. The molecule has 7 rings (SSSR count). The lowest BCUT2D eigenvalue weighted by atomic mass is 10.0. The zero-order valence-corrected chi connectivity index (χ0v) is 50.6. The Bertz CT molecular complexity index is 3610. The molecule has 5 amide bonds. The Morgan fingerprint density at radius 2 is 0.817 bits per heavy atom. The van der Waals surface area contributed by atoms with Crippen LogP contribution in [0.4, 0.5) is 31.4 Å².